The van der Waals surface area contributed by atoms with Crippen LogP contribution in [0, 0.1) is 5.82 Å². The molecule has 2 aromatic rings. The molecule has 158 valence electrons. The molecule has 0 spiro atoms. The summed E-state index contributed by atoms with van der Waals surface area (Å²) in [6.07, 6.45) is -8.98. The highest BCUT2D eigenvalue weighted by Gasteiger charge is 2.31. The highest BCUT2D eigenvalue weighted by Crippen LogP contribution is 2.35. The zero-order valence-electron chi connectivity index (χ0n) is 14.2. The Balaban J connectivity index is 2.25. The number of nitrogens with one attached hydrogen (secondary N) is 1. The summed E-state index contributed by atoms with van der Waals surface area (Å²) in [7, 11) is 0. The number of ether oxygens (including phenoxy) is 2. The highest BCUT2D eigenvalue weighted by atomic mass is 32.2. The number of hydrogen-bond donors (Lipinski definition) is 1. The Morgan fingerprint density at radius 3 is 1.97 bits per heavy atom. The molecule has 4 nitrogen and oxygen atoms in total. The number of carbonyl (C=O) groups is 1. The van der Waals surface area contributed by atoms with Gasteiger partial charge in [0.25, 0.3) is 0 Å². The summed E-state index contributed by atoms with van der Waals surface area (Å²) in [5.74, 6) is -3.38. The third-order valence-electron chi connectivity index (χ3n) is 3.07. The van der Waals surface area contributed by atoms with E-state index in [1.807, 2.05) is 0 Å². The maximum Gasteiger partial charge on any atom is 0.422 e. The van der Waals surface area contributed by atoms with Crippen molar-refractivity contribution in [3.8, 4) is 11.5 Å². The van der Waals surface area contributed by atoms with E-state index in [0.717, 1.165) is 24.1 Å². The first kappa shape index (κ1) is 22.7. The molecule has 0 heterocycles. The molecular formula is C17H12F7NO3S. The van der Waals surface area contributed by atoms with Gasteiger partial charge in [-0.3, -0.25) is 4.79 Å². The molecule has 0 amide bonds. The maximum absolute atomic E-state index is 14.2. The molecule has 0 saturated heterocycles. The third kappa shape index (κ3) is 7.72. The van der Waals surface area contributed by atoms with Crippen molar-refractivity contribution in [3.05, 3.63) is 47.8 Å². The predicted molar refractivity (Wildman–Crippen MR) is 90.8 cm³/mol. The maximum atomic E-state index is 14.2. The zero-order chi connectivity index (χ0) is 21.7. The van der Waals surface area contributed by atoms with Crippen molar-refractivity contribution >= 4 is 23.9 Å². The van der Waals surface area contributed by atoms with Crippen LogP contribution in [0.1, 0.15) is 10.4 Å². The molecule has 0 unspecified atom stereocenters. The molecule has 0 aliphatic carbocycles. The van der Waals surface area contributed by atoms with E-state index in [1.54, 1.807) is 12.1 Å². The Hall–Kier alpha value is -2.63. The average molecular weight is 443 g/mol. The van der Waals surface area contributed by atoms with Gasteiger partial charge in [0, 0.05) is 22.6 Å². The lowest BCUT2D eigenvalue weighted by Gasteiger charge is -2.16. The molecule has 0 aliphatic rings. The number of aldehydes is 1. The fraction of sp³-hybridized carbons (Fsp3) is 0.235. The molecule has 0 aliphatic heterocycles. The Kier molecular flexibility index (Phi) is 7.22. The quantitative estimate of drug-likeness (QED) is 0.325. The summed E-state index contributed by atoms with van der Waals surface area (Å²) in [5, 5.41) is 0. The van der Waals surface area contributed by atoms with Gasteiger partial charge in [-0.25, -0.2) is 0 Å². The molecule has 0 radical (unpaired) electrons. The molecule has 0 atom stereocenters. The van der Waals surface area contributed by atoms with E-state index in [4.69, 9.17) is 0 Å². The highest BCUT2D eigenvalue weighted by molar-refractivity contribution is 8.00. The Morgan fingerprint density at radius 2 is 1.48 bits per heavy atom. The molecular weight excluding hydrogens is 431 g/mol. The van der Waals surface area contributed by atoms with Crippen molar-refractivity contribution in [3.63, 3.8) is 0 Å². The second-order valence-electron chi connectivity index (χ2n) is 5.49. The molecule has 2 rings (SSSR count). The van der Waals surface area contributed by atoms with Crippen LogP contribution in [0.5, 0.6) is 11.5 Å². The molecule has 0 bridgehead atoms. The van der Waals surface area contributed by atoms with Gasteiger partial charge in [0.2, 0.25) is 5.82 Å². The largest absolute Gasteiger partial charge is 0.481 e. The molecule has 0 saturated carbocycles. The van der Waals surface area contributed by atoms with Gasteiger partial charge in [-0.2, -0.15) is 30.7 Å². The van der Waals surface area contributed by atoms with E-state index >= 15 is 0 Å². The van der Waals surface area contributed by atoms with Gasteiger partial charge < -0.3 is 14.2 Å². The minimum Gasteiger partial charge on any atom is -0.481 e. The number of benzene rings is 2. The molecule has 29 heavy (non-hydrogen) atoms. The summed E-state index contributed by atoms with van der Waals surface area (Å²) in [5.41, 5.74) is 0.265. The molecule has 1 N–H and O–H groups in total. The van der Waals surface area contributed by atoms with Crippen LogP contribution in [0.2, 0.25) is 0 Å². The fourth-order valence-corrected chi connectivity index (χ4v) is 2.62. The van der Waals surface area contributed by atoms with Gasteiger partial charge in [0.15, 0.2) is 24.7 Å². The molecule has 0 aromatic heterocycles. The van der Waals surface area contributed by atoms with Crippen LogP contribution in [0.25, 0.3) is 0 Å². The zero-order valence-corrected chi connectivity index (χ0v) is 15.1. The van der Waals surface area contributed by atoms with E-state index in [9.17, 15) is 35.5 Å². The van der Waals surface area contributed by atoms with Crippen molar-refractivity contribution in [1.29, 1.82) is 0 Å². The van der Waals surface area contributed by atoms with Crippen LogP contribution in [0.4, 0.5) is 36.4 Å². The summed E-state index contributed by atoms with van der Waals surface area (Å²) in [4.78, 5) is 11.3. The first-order valence-electron chi connectivity index (χ1n) is 7.67. The molecule has 12 heteroatoms. The second kappa shape index (κ2) is 9.25. The lowest BCUT2D eigenvalue weighted by atomic mass is 10.2. The van der Waals surface area contributed by atoms with Gasteiger partial charge in [0.1, 0.15) is 6.29 Å². The van der Waals surface area contributed by atoms with E-state index in [2.05, 4.69) is 14.2 Å². The van der Waals surface area contributed by atoms with Crippen molar-refractivity contribution in [1.82, 2.24) is 0 Å². The first-order valence-corrected chi connectivity index (χ1v) is 8.49. The Morgan fingerprint density at radius 1 is 0.931 bits per heavy atom. The number of hydrogen-bond acceptors (Lipinski definition) is 5. The van der Waals surface area contributed by atoms with Crippen LogP contribution in [0.3, 0.4) is 0 Å². The smallest absolute Gasteiger partial charge is 0.422 e. The standard InChI is InChI=1S/C17H12F7NO3S/c18-15-13(27-8-16(19,20)21)5-11(6-14(15)28-9-17(22,23)24)25-29-12-3-1-2-10(4-12)7-26/h1-7,25H,8-9H2. The normalized spacial score (nSPS) is 11.8. The third-order valence-corrected chi connectivity index (χ3v) is 3.90. The molecule has 0 fully saturated rings. The summed E-state index contributed by atoms with van der Waals surface area (Å²) < 4.78 is 99.6. The molecule has 2 aromatic carbocycles. The number of rotatable bonds is 8. The van der Waals surface area contributed by atoms with Crippen molar-refractivity contribution in [2.75, 3.05) is 17.9 Å². The topological polar surface area (TPSA) is 47.6 Å². The van der Waals surface area contributed by atoms with Gasteiger partial charge in [-0.1, -0.05) is 12.1 Å². The van der Waals surface area contributed by atoms with Crippen molar-refractivity contribution in [2.24, 2.45) is 0 Å². The van der Waals surface area contributed by atoms with E-state index in [0.29, 0.717) is 16.7 Å². The minimum absolute atomic E-state index is 0.0812. The van der Waals surface area contributed by atoms with Gasteiger partial charge in [-0.05, 0) is 24.1 Å². The van der Waals surface area contributed by atoms with Crippen LogP contribution in [-0.2, 0) is 0 Å². The van der Waals surface area contributed by atoms with E-state index in [-0.39, 0.29) is 5.69 Å². The number of carbonyl (C=O) groups excluding carboxylic acids is 1. The fourth-order valence-electron chi connectivity index (χ4n) is 1.93. The number of halogens is 7. The van der Waals surface area contributed by atoms with E-state index in [1.165, 1.54) is 12.1 Å². The van der Waals surface area contributed by atoms with Crippen LogP contribution in [-0.4, -0.2) is 31.9 Å². The van der Waals surface area contributed by atoms with Crippen LogP contribution in [0.15, 0.2) is 41.3 Å². The summed E-state index contributed by atoms with van der Waals surface area (Å²) in [6, 6.07) is 7.86. The Labute approximate surface area is 164 Å². The SMILES string of the molecule is O=Cc1cccc(SNc2cc(OCC(F)(F)F)c(F)c(OCC(F)(F)F)c2)c1. The van der Waals surface area contributed by atoms with E-state index < -0.39 is 42.9 Å². The van der Waals surface area contributed by atoms with Gasteiger partial charge in [0.05, 0.1) is 5.69 Å². The van der Waals surface area contributed by atoms with Gasteiger partial charge in [-0.15, -0.1) is 0 Å². The van der Waals surface area contributed by atoms with Crippen LogP contribution < -0.4 is 14.2 Å². The first-order chi connectivity index (χ1) is 13.5. The second-order valence-corrected chi connectivity index (χ2v) is 6.37. The number of anilines is 1. The predicted octanol–water partition coefficient (Wildman–Crippen LogP) is 5.64. The lowest BCUT2D eigenvalue weighted by Crippen LogP contribution is -2.21. The van der Waals surface area contributed by atoms with Crippen molar-refractivity contribution < 1.29 is 45.0 Å². The minimum atomic E-state index is -4.78. The monoisotopic (exact) mass is 443 g/mol. The van der Waals surface area contributed by atoms with Gasteiger partial charge >= 0.3 is 12.4 Å². The van der Waals surface area contributed by atoms with Crippen LogP contribution >= 0.6 is 11.9 Å². The van der Waals surface area contributed by atoms with Crippen molar-refractivity contribution in [2.45, 2.75) is 17.2 Å². The number of alkyl halides is 6. The summed E-state index contributed by atoms with van der Waals surface area (Å²) >= 11 is 0.887. The average Bonchev–Trinajstić information content (AvgIpc) is 2.63. The lowest BCUT2D eigenvalue weighted by molar-refractivity contribution is -0.154. The summed E-state index contributed by atoms with van der Waals surface area (Å²) in [6.45, 7) is -3.69. The Bertz CT molecular complexity index is 817.